The van der Waals surface area contributed by atoms with Gasteiger partial charge < -0.3 is 14.8 Å². The molecule has 0 radical (unpaired) electrons. The molecule has 4 rings (SSSR count). The number of rotatable bonds is 3. The Morgan fingerprint density at radius 2 is 2.12 bits per heavy atom. The van der Waals surface area contributed by atoms with Crippen molar-refractivity contribution in [1.82, 2.24) is 10.2 Å². The SMILES string of the molecule is Cc1ccc(-c2cc(NC(=O)c3cccc4c3OCCO4)n[nH]2)s1. The average molecular weight is 341 g/mol. The molecule has 1 aliphatic heterocycles. The van der Waals surface area contributed by atoms with Crippen LogP contribution in [0.15, 0.2) is 36.4 Å². The molecule has 0 fully saturated rings. The Morgan fingerprint density at radius 3 is 2.96 bits per heavy atom. The van der Waals surface area contributed by atoms with Crippen LogP contribution in [-0.4, -0.2) is 29.3 Å². The molecular formula is C17H15N3O3S. The maximum Gasteiger partial charge on any atom is 0.260 e. The van der Waals surface area contributed by atoms with E-state index in [0.717, 1.165) is 10.6 Å². The Labute approximate surface area is 142 Å². The number of aryl methyl sites for hydroxylation is 1. The number of ether oxygens (including phenoxy) is 2. The van der Waals surface area contributed by atoms with Crippen LogP contribution in [0.3, 0.4) is 0 Å². The van der Waals surface area contributed by atoms with Gasteiger partial charge in [0.1, 0.15) is 13.2 Å². The first-order chi connectivity index (χ1) is 11.7. The zero-order chi connectivity index (χ0) is 16.5. The number of H-pyrrole nitrogens is 1. The lowest BCUT2D eigenvalue weighted by molar-refractivity contribution is 0.101. The number of hydrogen-bond donors (Lipinski definition) is 2. The molecule has 1 aliphatic rings. The second kappa shape index (κ2) is 6.01. The molecule has 2 N–H and O–H groups in total. The van der Waals surface area contributed by atoms with Crippen LogP contribution in [0.2, 0.25) is 0 Å². The third-order valence-corrected chi connectivity index (χ3v) is 4.67. The Bertz CT molecular complexity index is 900. The van der Waals surface area contributed by atoms with Crippen molar-refractivity contribution in [2.75, 3.05) is 18.5 Å². The van der Waals surface area contributed by atoms with E-state index in [1.54, 1.807) is 29.5 Å². The monoisotopic (exact) mass is 341 g/mol. The van der Waals surface area contributed by atoms with E-state index in [2.05, 4.69) is 15.5 Å². The van der Waals surface area contributed by atoms with Crippen LogP contribution in [-0.2, 0) is 0 Å². The number of amides is 1. The number of carbonyl (C=O) groups excluding carboxylic acids is 1. The largest absolute Gasteiger partial charge is 0.486 e. The number of anilines is 1. The summed E-state index contributed by atoms with van der Waals surface area (Å²) in [6.07, 6.45) is 0. The van der Waals surface area contributed by atoms with Crippen molar-refractivity contribution in [2.24, 2.45) is 0 Å². The lowest BCUT2D eigenvalue weighted by Gasteiger charge is -2.20. The van der Waals surface area contributed by atoms with Crippen LogP contribution in [0.1, 0.15) is 15.2 Å². The molecule has 0 spiro atoms. The minimum absolute atomic E-state index is 0.280. The molecule has 0 aliphatic carbocycles. The van der Waals surface area contributed by atoms with Crippen LogP contribution < -0.4 is 14.8 Å². The van der Waals surface area contributed by atoms with Gasteiger partial charge in [-0.05, 0) is 31.2 Å². The lowest BCUT2D eigenvalue weighted by Crippen LogP contribution is -2.20. The fourth-order valence-electron chi connectivity index (χ4n) is 2.53. The predicted molar refractivity (Wildman–Crippen MR) is 92.0 cm³/mol. The van der Waals surface area contributed by atoms with Crippen LogP contribution in [0, 0.1) is 6.92 Å². The number of aromatic amines is 1. The van der Waals surface area contributed by atoms with Crippen LogP contribution in [0.5, 0.6) is 11.5 Å². The molecular weight excluding hydrogens is 326 g/mol. The molecule has 1 amide bonds. The number of nitrogens with zero attached hydrogens (tertiary/aromatic N) is 1. The van der Waals surface area contributed by atoms with Crippen molar-refractivity contribution >= 4 is 23.1 Å². The zero-order valence-electron chi connectivity index (χ0n) is 13.0. The Balaban J connectivity index is 1.56. The van der Waals surface area contributed by atoms with Crippen molar-refractivity contribution < 1.29 is 14.3 Å². The fraction of sp³-hybridized carbons (Fsp3) is 0.176. The van der Waals surface area contributed by atoms with Crippen molar-refractivity contribution in [3.05, 3.63) is 46.8 Å². The second-order valence-electron chi connectivity index (χ2n) is 5.36. The summed E-state index contributed by atoms with van der Waals surface area (Å²) in [4.78, 5) is 14.8. The van der Waals surface area contributed by atoms with Crippen molar-refractivity contribution in [3.63, 3.8) is 0 Å². The van der Waals surface area contributed by atoms with Gasteiger partial charge in [-0.1, -0.05) is 6.07 Å². The second-order valence-corrected chi connectivity index (χ2v) is 6.65. The number of carbonyl (C=O) groups is 1. The molecule has 0 saturated carbocycles. The predicted octanol–water partition coefficient (Wildman–Crippen LogP) is 3.47. The van der Waals surface area contributed by atoms with E-state index >= 15 is 0 Å². The smallest absolute Gasteiger partial charge is 0.260 e. The van der Waals surface area contributed by atoms with E-state index in [0.29, 0.717) is 36.1 Å². The van der Waals surface area contributed by atoms with Gasteiger partial charge in [0, 0.05) is 10.9 Å². The van der Waals surface area contributed by atoms with Gasteiger partial charge in [0.05, 0.1) is 16.1 Å². The molecule has 7 heteroatoms. The Kier molecular flexibility index (Phi) is 3.70. The molecule has 3 aromatic rings. The van der Waals surface area contributed by atoms with Gasteiger partial charge in [0.2, 0.25) is 0 Å². The summed E-state index contributed by atoms with van der Waals surface area (Å²) < 4.78 is 11.1. The first-order valence-electron chi connectivity index (χ1n) is 7.53. The van der Waals surface area contributed by atoms with Gasteiger partial charge in [0.15, 0.2) is 17.3 Å². The number of para-hydroxylation sites is 1. The standard InChI is InChI=1S/C17H15N3O3S/c1-10-5-6-14(24-10)12-9-15(20-19-12)18-17(21)11-3-2-4-13-16(11)23-8-7-22-13/h2-6,9H,7-8H2,1H3,(H2,18,19,20,21). The topological polar surface area (TPSA) is 76.2 Å². The van der Waals surface area contributed by atoms with E-state index in [9.17, 15) is 4.79 Å². The van der Waals surface area contributed by atoms with Gasteiger partial charge >= 0.3 is 0 Å². The molecule has 122 valence electrons. The van der Waals surface area contributed by atoms with Gasteiger partial charge in [-0.25, -0.2) is 0 Å². The van der Waals surface area contributed by atoms with Crippen LogP contribution in [0.25, 0.3) is 10.6 Å². The highest BCUT2D eigenvalue weighted by Crippen LogP contribution is 2.34. The molecule has 0 atom stereocenters. The summed E-state index contributed by atoms with van der Waals surface area (Å²) >= 11 is 1.67. The van der Waals surface area contributed by atoms with Crippen LogP contribution >= 0.6 is 11.3 Å². The van der Waals surface area contributed by atoms with Gasteiger partial charge in [-0.3, -0.25) is 9.89 Å². The molecule has 0 saturated heterocycles. The van der Waals surface area contributed by atoms with E-state index in [-0.39, 0.29) is 5.91 Å². The van der Waals surface area contributed by atoms with E-state index in [1.165, 1.54) is 4.88 Å². The molecule has 24 heavy (non-hydrogen) atoms. The highest BCUT2D eigenvalue weighted by Gasteiger charge is 2.21. The molecule has 0 unspecified atom stereocenters. The van der Waals surface area contributed by atoms with Gasteiger partial charge in [-0.15, -0.1) is 11.3 Å². The number of hydrogen-bond acceptors (Lipinski definition) is 5. The summed E-state index contributed by atoms with van der Waals surface area (Å²) in [5.41, 5.74) is 1.31. The fourth-order valence-corrected chi connectivity index (χ4v) is 3.36. The highest BCUT2D eigenvalue weighted by molar-refractivity contribution is 7.15. The normalized spacial score (nSPS) is 12.9. The summed E-state index contributed by atoms with van der Waals surface area (Å²) in [6.45, 7) is 2.97. The molecule has 3 heterocycles. The number of nitrogens with one attached hydrogen (secondary N) is 2. The summed E-state index contributed by atoms with van der Waals surface area (Å²) in [7, 11) is 0. The Morgan fingerprint density at radius 1 is 1.25 bits per heavy atom. The summed E-state index contributed by atoms with van der Waals surface area (Å²) in [5, 5.41) is 9.89. The molecule has 0 bridgehead atoms. The lowest BCUT2D eigenvalue weighted by atomic mass is 10.1. The van der Waals surface area contributed by atoms with Crippen molar-refractivity contribution in [1.29, 1.82) is 0 Å². The molecule has 1 aromatic carbocycles. The average Bonchev–Trinajstić information content (AvgIpc) is 3.23. The van der Waals surface area contributed by atoms with E-state index in [4.69, 9.17) is 9.47 Å². The molecule has 6 nitrogen and oxygen atoms in total. The zero-order valence-corrected chi connectivity index (χ0v) is 13.8. The van der Waals surface area contributed by atoms with Crippen molar-refractivity contribution in [2.45, 2.75) is 6.92 Å². The van der Waals surface area contributed by atoms with E-state index < -0.39 is 0 Å². The minimum atomic E-state index is -0.280. The van der Waals surface area contributed by atoms with Crippen LogP contribution in [0.4, 0.5) is 5.82 Å². The third kappa shape index (κ3) is 2.74. The van der Waals surface area contributed by atoms with Crippen molar-refractivity contribution in [3.8, 4) is 22.1 Å². The Hall–Kier alpha value is -2.80. The summed E-state index contributed by atoms with van der Waals surface area (Å²) in [5.74, 6) is 1.25. The van der Waals surface area contributed by atoms with E-state index in [1.807, 2.05) is 25.1 Å². The minimum Gasteiger partial charge on any atom is -0.486 e. The van der Waals surface area contributed by atoms with Gasteiger partial charge in [0.25, 0.3) is 5.91 Å². The first-order valence-corrected chi connectivity index (χ1v) is 8.34. The maximum absolute atomic E-state index is 12.5. The number of benzene rings is 1. The number of fused-ring (bicyclic) bond motifs is 1. The summed E-state index contributed by atoms with van der Waals surface area (Å²) in [6, 6.07) is 11.2. The highest BCUT2D eigenvalue weighted by atomic mass is 32.1. The first kappa shape index (κ1) is 14.8. The maximum atomic E-state index is 12.5. The van der Waals surface area contributed by atoms with Gasteiger partial charge in [-0.2, -0.15) is 5.10 Å². The quantitative estimate of drug-likeness (QED) is 0.765. The molecule has 2 aromatic heterocycles. The number of thiophene rings is 1. The third-order valence-electron chi connectivity index (χ3n) is 3.64. The number of aromatic nitrogens is 2.